The van der Waals surface area contributed by atoms with E-state index in [9.17, 15) is 0 Å². The normalized spacial score (nSPS) is 11.6. The molecule has 0 spiro atoms. The van der Waals surface area contributed by atoms with Crippen LogP contribution in [0.25, 0.3) is 21.9 Å². The van der Waals surface area contributed by atoms with Crippen molar-refractivity contribution in [3.8, 4) is 0 Å². The molecule has 0 N–H and O–H groups in total. The molecule has 0 saturated heterocycles. The zero-order chi connectivity index (χ0) is 9.71. The van der Waals surface area contributed by atoms with Crippen LogP contribution in [0.5, 0.6) is 0 Å². The molecule has 0 aliphatic carbocycles. The third kappa shape index (κ3) is 0.970. The van der Waals surface area contributed by atoms with Crippen LogP contribution in [0.3, 0.4) is 0 Å². The third-order valence-electron chi connectivity index (χ3n) is 2.40. The zero-order valence-electron chi connectivity index (χ0n) is 8.13. The summed E-state index contributed by atoms with van der Waals surface area (Å²) in [5.74, 6) is 1.87. The van der Waals surface area contributed by atoms with Gasteiger partial charge in [0.2, 0.25) is 0 Å². The van der Waals surface area contributed by atoms with Crippen molar-refractivity contribution in [1.29, 1.82) is 0 Å². The fourth-order valence-electron chi connectivity index (χ4n) is 1.84. The monoisotopic (exact) mass is 186 g/mol. The van der Waals surface area contributed by atoms with E-state index in [1.807, 2.05) is 38.1 Å². The molecule has 2 aromatic heterocycles. The Hall–Kier alpha value is -1.70. The minimum atomic E-state index is 0.927. The molecule has 1 aromatic carbocycles. The first-order valence-electron chi connectivity index (χ1n) is 4.63. The molecule has 0 unspecified atom stereocenters. The number of furan rings is 2. The second-order valence-electron chi connectivity index (χ2n) is 3.64. The Balaban J connectivity index is 2.49. The molecule has 2 heterocycles. The van der Waals surface area contributed by atoms with E-state index in [0.29, 0.717) is 0 Å². The molecule has 0 aliphatic rings. The topological polar surface area (TPSA) is 26.3 Å². The van der Waals surface area contributed by atoms with E-state index in [-0.39, 0.29) is 0 Å². The summed E-state index contributed by atoms with van der Waals surface area (Å²) in [6.07, 6.45) is 0. The first-order valence-corrected chi connectivity index (χ1v) is 4.63. The summed E-state index contributed by atoms with van der Waals surface area (Å²) < 4.78 is 11.1. The van der Waals surface area contributed by atoms with Crippen LogP contribution in [0, 0.1) is 13.8 Å². The lowest BCUT2D eigenvalue weighted by Crippen LogP contribution is -1.63. The summed E-state index contributed by atoms with van der Waals surface area (Å²) >= 11 is 0. The first kappa shape index (κ1) is 7.68. The smallest absolute Gasteiger partial charge is 0.135 e. The van der Waals surface area contributed by atoms with Gasteiger partial charge < -0.3 is 8.83 Å². The van der Waals surface area contributed by atoms with Crippen LogP contribution in [0.2, 0.25) is 0 Å². The Bertz CT molecular complexity index is 511. The molecule has 0 saturated carbocycles. The van der Waals surface area contributed by atoms with Gasteiger partial charge in [-0.25, -0.2) is 0 Å². The summed E-state index contributed by atoms with van der Waals surface area (Å²) in [4.78, 5) is 0. The highest BCUT2D eigenvalue weighted by atomic mass is 16.3. The van der Waals surface area contributed by atoms with Gasteiger partial charge in [0.05, 0.1) is 0 Å². The Kier molecular flexibility index (Phi) is 1.32. The highest BCUT2D eigenvalue weighted by Crippen LogP contribution is 2.27. The second-order valence-corrected chi connectivity index (χ2v) is 3.64. The Morgan fingerprint density at radius 2 is 1.14 bits per heavy atom. The Morgan fingerprint density at radius 1 is 0.714 bits per heavy atom. The number of rotatable bonds is 0. The van der Waals surface area contributed by atoms with Crippen LogP contribution < -0.4 is 0 Å². The fraction of sp³-hybridized carbons (Fsp3) is 0.167. The van der Waals surface area contributed by atoms with Crippen LogP contribution in [0.15, 0.2) is 33.1 Å². The lowest BCUT2D eigenvalue weighted by Gasteiger charge is -1.88. The van der Waals surface area contributed by atoms with Crippen molar-refractivity contribution in [2.45, 2.75) is 13.8 Å². The second kappa shape index (κ2) is 2.41. The highest BCUT2D eigenvalue weighted by Gasteiger charge is 2.05. The van der Waals surface area contributed by atoms with E-state index in [2.05, 4.69) is 0 Å². The molecule has 0 aliphatic heterocycles. The van der Waals surface area contributed by atoms with Crippen LogP contribution in [-0.2, 0) is 0 Å². The molecule has 0 bridgehead atoms. The number of hydrogen-bond acceptors (Lipinski definition) is 2. The van der Waals surface area contributed by atoms with E-state index in [1.54, 1.807) is 0 Å². The number of benzene rings is 1. The van der Waals surface area contributed by atoms with Gasteiger partial charge in [-0.15, -0.1) is 0 Å². The molecule has 0 radical (unpaired) electrons. The minimum Gasteiger partial charge on any atom is -0.461 e. The van der Waals surface area contributed by atoms with Gasteiger partial charge in [-0.1, -0.05) is 0 Å². The van der Waals surface area contributed by atoms with Crippen molar-refractivity contribution in [1.82, 2.24) is 0 Å². The Labute approximate surface area is 81.1 Å². The molecule has 2 heteroatoms. The van der Waals surface area contributed by atoms with Crippen LogP contribution in [0.1, 0.15) is 11.5 Å². The van der Waals surface area contributed by atoms with Crippen LogP contribution >= 0.6 is 0 Å². The molecule has 70 valence electrons. The maximum absolute atomic E-state index is 5.54. The largest absolute Gasteiger partial charge is 0.461 e. The average Bonchev–Trinajstić information content (AvgIpc) is 2.59. The minimum absolute atomic E-state index is 0.927. The summed E-state index contributed by atoms with van der Waals surface area (Å²) in [6.45, 7) is 3.90. The fourth-order valence-corrected chi connectivity index (χ4v) is 1.84. The molecule has 3 aromatic rings. The van der Waals surface area contributed by atoms with Crippen LogP contribution in [-0.4, -0.2) is 0 Å². The summed E-state index contributed by atoms with van der Waals surface area (Å²) in [5.41, 5.74) is 1.85. The SMILES string of the molecule is Cc1cc2cc3oc(C)cc3cc2o1. The lowest BCUT2D eigenvalue weighted by molar-refractivity contribution is 0.575. The molecule has 2 nitrogen and oxygen atoms in total. The average molecular weight is 186 g/mol. The van der Waals surface area contributed by atoms with Gasteiger partial charge in [-0.3, -0.25) is 0 Å². The van der Waals surface area contributed by atoms with E-state index < -0.39 is 0 Å². The number of hydrogen-bond donors (Lipinski definition) is 0. The van der Waals surface area contributed by atoms with Crippen LogP contribution in [0.4, 0.5) is 0 Å². The first-order chi connectivity index (χ1) is 6.72. The van der Waals surface area contributed by atoms with Gasteiger partial charge in [-0.2, -0.15) is 0 Å². The van der Waals surface area contributed by atoms with E-state index in [0.717, 1.165) is 33.5 Å². The number of fused-ring (bicyclic) bond motifs is 2. The maximum Gasteiger partial charge on any atom is 0.135 e. The molecule has 0 fully saturated rings. The Morgan fingerprint density at radius 3 is 1.57 bits per heavy atom. The third-order valence-corrected chi connectivity index (χ3v) is 2.40. The highest BCUT2D eigenvalue weighted by molar-refractivity contribution is 5.93. The van der Waals surface area contributed by atoms with Gasteiger partial charge in [0, 0.05) is 10.8 Å². The number of aryl methyl sites for hydroxylation is 2. The molecule has 0 amide bonds. The predicted molar refractivity (Wildman–Crippen MR) is 55.5 cm³/mol. The van der Waals surface area contributed by atoms with E-state index >= 15 is 0 Å². The zero-order valence-corrected chi connectivity index (χ0v) is 8.13. The van der Waals surface area contributed by atoms with Crippen molar-refractivity contribution in [3.05, 3.63) is 35.8 Å². The van der Waals surface area contributed by atoms with Crippen molar-refractivity contribution >= 4 is 21.9 Å². The van der Waals surface area contributed by atoms with E-state index in [4.69, 9.17) is 8.83 Å². The standard InChI is InChI=1S/C12H10O2/c1-7-3-9-5-12-10(4-8(2)14-12)6-11(9)13-7/h3-6H,1-2H3. The van der Waals surface area contributed by atoms with Crippen molar-refractivity contribution in [2.24, 2.45) is 0 Å². The molecule has 0 atom stereocenters. The molecule has 3 rings (SSSR count). The molecule has 14 heavy (non-hydrogen) atoms. The maximum atomic E-state index is 5.54. The predicted octanol–water partition coefficient (Wildman–Crippen LogP) is 3.80. The summed E-state index contributed by atoms with van der Waals surface area (Å²) in [5, 5.41) is 2.20. The van der Waals surface area contributed by atoms with Gasteiger partial charge in [0.1, 0.15) is 22.7 Å². The van der Waals surface area contributed by atoms with Crippen molar-refractivity contribution < 1.29 is 8.83 Å². The van der Waals surface area contributed by atoms with Crippen molar-refractivity contribution in [2.75, 3.05) is 0 Å². The van der Waals surface area contributed by atoms with Gasteiger partial charge >= 0.3 is 0 Å². The lowest BCUT2D eigenvalue weighted by atomic mass is 10.2. The van der Waals surface area contributed by atoms with Crippen molar-refractivity contribution in [3.63, 3.8) is 0 Å². The summed E-state index contributed by atoms with van der Waals surface area (Å²) in [7, 11) is 0. The van der Waals surface area contributed by atoms with Gasteiger partial charge in [0.15, 0.2) is 0 Å². The molecular weight excluding hydrogens is 176 g/mol. The van der Waals surface area contributed by atoms with Gasteiger partial charge in [0.25, 0.3) is 0 Å². The molecular formula is C12H10O2. The van der Waals surface area contributed by atoms with E-state index in [1.165, 1.54) is 0 Å². The quantitative estimate of drug-likeness (QED) is 0.533. The van der Waals surface area contributed by atoms with Gasteiger partial charge in [-0.05, 0) is 38.1 Å². The summed E-state index contributed by atoms with van der Waals surface area (Å²) in [6, 6.07) is 8.08.